The summed E-state index contributed by atoms with van der Waals surface area (Å²) in [7, 11) is 3.14. The predicted octanol–water partition coefficient (Wildman–Crippen LogP) is 5.94. The van der Waals surface area contributed by atoms with Crippen LogP contribution in [0.5, 0.6) is 23.0 Å². The van der Waals surface area contributed by atoms with Gasteiger partial charge in [0, 0.05) is 12.0 Å². The molecule has 176 valence electrons. The van der Waals surface area contributed by atoms with Gasteiger partial charge in [-0.05, 0) is 61.4 Å². The molecular weight excluding hydrogens is 432 g/mol. The topological polar surface area (TPSA) is 67.1 Å². The minimum absolute atomic E-state index is 0.173. The predicted molar refractivity (Wildman–Crippen MR) is 133 cm³/mol. The molecule has 1 heterocycles. The number of methoxy groups -OCH3 is 2. The van der Waals surface area contributed by atoms with Crippen molar-refractivity contribution in [1.29, 1.82) is 0 Å². The quantitative estimate of drug-likeness (QED) is 0.288. The molecule has 0 N–H and O–H groups in total. The molecule has 4 rings (SSSR count). The molecule has 0 spiro atoms. The van der Waals surface area contributed by atoms with Gasteiger partial charge in [0.2, 0.25) is 11.2 Å². The van der Waals surface area contributed by atoms with Crippen LogP contribution in [-0.2, 0) is 0 Å². The van der Waals surface area contributed by atoms with Crippen LogP contribution in [0, 0.1) is 13.8 Å². The van der Waals surface area contributed by atoms with Crippen molar-refractivity contribution in [1.82, 2.24) is 0 Å². The molecule has 0 saturated heterocycles. The smallest absolute Gasteiger partial charge is 0.235 e. The number of hydrogen-bond acceptors (Lipinski definition) is 6. The van der Waals surface area contributed by atoms with Crippen LogP contribution >= 0.6 is 0 Å². The zero-order valence-electron chi connectivity index (χ0n) is 19.8. The Hall–Kier alpha value is -3.93. The number of ether oxygens (including phenoxy) is 4. The lowest BCUT2D eigenvalue weighted by molar-refractivity contribution is 0.244. The first-order valence-corrected chi connectivity index (χ1v) is 11.1. The summed E-state index contributed by atoms with van der Waals surface area (Å²) in [5.41, 5.74) is 2.84. The van der Waals surface area contributed by atoms with Gasteiger partial charge < -0.3 is 23.4 Å². The summed E-state index contributed by atoms with van der Waals surface area (Å²) >= 11 is 0. The van der Waals surface area contributed by atoms with Crippen molar-refractivity contribution in [3.63, 3.8) is 0 Å². The number of fused-ring (bicyclic) bond motifs is 1. The molecule has 0 unspecified atom stereocenters. The van der Waals surface area contributed by atoms with Gasteiger partial charge in [-0.15, -0.1) is 0 Å². The van der Waals surface area contributed by atoms with Crippen molar-refractivity contribution in [2.45, 2.75) is 20.3 Å². The SMILES string of the molecule is COc1ccc(-c2oc3cc(C)cc(C)c3c(=O)c2OCCCOc2ccccc2)cc1OC. The summed E-state index contributed by atoms with van der Waals surface area (Å²) in [5, 5.41) is 0.519. The van der Waals surface area contributed by atoms with E-state index in [4.69, 9.17) is 23.4 Å². The van der Waals surface area contributed by atoms with Gasteiger partial charge in [0.05, 0.1) is 32.8 Å². The highest BCUT2D eigenvalue weighted by Gasteiger charge is 2.20. The zero-order chi connectivity index (χ0) is 24.1. The second kappa shape index (κ2) is 10.3. The third kappa shape index (κ3) is 4.86. The summed E-state index contributed by atoms with van der Waals surface area (Å²) in [4.78, 5) is 13.5. The van der Waals surface area contributed by atoms with Crippen molar-refractivity contribution in [2.24, 2.45) is 0 Å². The Kier molecular flexibility index (Phi) is 7.07. The minimum atomic E-state index is -0.201. The van der Waals surface area contributed by atoms with Gasteiger partial charge in [-0.25, -0.2) is 0 Å². The van der Waals surface area contributed by atoms with Gasteiger partial charge in [-0.1, -0.05) is 24.3 Å². The molecule has 0 aliphatic heterocycles. The van der Waals surface area contributed by atoms with Crippen molar-refractivity contribution in [2.75, 3.05) is 27.4 Å². The third-order valence-corrected chi connectivity index (χ3v) is 5.49. The van der Waals surface area contributed by atoms with E-state index in [0.717, 1.165) is 16.9 Å². The van der Waals surface area contributed by atoms with Gasteiger partial charge in [0.1, 0.15) is 11.3 Å². The van der Waals surface area contributed by atoms with E-state index in [2.05, 4.69) is 0 Å². The van der Waals surface area contributed by atoms with Crippen LogP contribution in [-0.4, -0.2) is 27.4 Å². The highest BCUT2D eigenvalue weighted by molar-refractivity contribution is 5.85. The van der Waals surface area contributed by atoms with E-state index in [9.17, 15) is 4.79 Å². The number of rotatable bonds is 9. The summed E-state index contributed by atoms with van der Waals surface area (Å²) < 4.78 is 28.8. The van der Waals surface area contributed by atoms with E-state index in [1.807, 2.05) is 62.4 Å². The van der Waals surface area contributed by atoms with E-state index in [1.165, 1.54) is 0 Å². The average molecular weight is 461 g/mol. The maximum atomic E-state index is 13.5. The second-order valence-electron chi connectivity index (χ2n) is 7.98. The second-order valence-corrected chi connectivity index (χ2v) is 7.98. The monoisotopic (exact) mass is 460 g/mol. The number of benzene rings is 3. The summed E-state index contributed by atoms with van der Waals surface area (Å²) in [6.07, 6.45) is 0.602. The standard InChI is InChI=1S/C28H28O6/c1-18-15-19(2)25-24(16-18)34-27(20-11-12-22(30-3)23(17-20)31-4)28(26(25)29)33-14-8-13-32-21-9-6-5-7-10-21/h5-7,9-12,15-17H,8,13-14H2,1-4H3. The largest absolute Gasteiger partial charge is 0.493 e. The first kappa shape index (κ1) is 23.2. The van der Waals surface area contributed by atoms with E-state index in [0.29, 0.717) is 53.4 Å². The third-order valence-electron chi connectivity index (χ3n) is 5.49. The van der Waals surface area contributed by atoms with Gasteiger partial charge >= 0.3 is 0 Å². The lowest BCUT2D eigenvalue weighted by Gasteiger charge is -2.15. The first-order valence-electron chi connectivity index (χ1n) is 11.1. The Morgan fingerprint density at radius 3 is 2.29 bits per heavy atom. The minimum Gasteiger partial charge on any atom is -0.493 e. The van der Waals surface area contributed by atoms with Crippen molar-refractivity contribution in [3.05, 3.63) is 82.0 Å². The molecule has 6 heteroatoms. The van der Waals surface area contributed by atoms with Crippen LogP contribution < -0.4 is 24.4 Å². The molecule has 0 bridgehead atoms. The molecule has 0 atom stereocenters. The van der Waals surface area contributed by atoms with Crippen molar-refractivity contribution in [3.8, 4) is 34.3 Å². The van der Waals surface area contributed by atoms with Crippen molar-refractivity contribution < 1.29 is 23.4 Å². The molecule has 34 heavy (non-hydrogen) atoms. The summed E-state index contributed by atoms with van der Waals surface area (Å²) in [6.45, 7) is 4.64. The van der Waals surface area contributed by atoms with Crippen LogP contribution in [0.2, 0.25) is 0 Å². The first-order chi connectivity index (χ1) is 16.5. The molecule has 1 aromatic heterocycles. The Balaban J connectivity index is 1.68. The van der Waals surface area contributed by atoms with Crippen LogP contribution in [0.25, 0.3) is 22.3 Å². The number of para-hydroxylation sites is 1. The van der Waals surface area contributed by atoms with Gasteiger partial charge in [0.15, 0.2) is 17.3 Å². The van der Waals surface area contributed by atoms with E-state index in [-0.39, 0.29) is 11.2 Å². The molecule has 3 aromatic carbocycles. The van der Waals surface area contributed by atoms with E-state index >= 15 is 0 Å². The molecule has 0 saturated carbocycles. The summed E-state index contributed by atoms with van der Waals surface area (Å²) in [6, 6.07) is 18.8. The number of hydrogen-bond donors (Lipinski definition) is 0. The average Bonchev–Trinajstić information content (AvgIpc) is 2.84. The molecule has 4 aromatic rings. The fourth-order valence-electron chi connectivity index (χ4n) is 3.91. The maximum absolute atomic E-state index is 13.5. The van der Waals surface area contributed by atoms with Gasteiger partial charge in [-0.3, -0.25) is 4.79 Å². The molecule has 0 amide bonds. The fraction of sp³-hybridized carbons (Fsp3) is 0.250. The van der Waals surface area contributed by atoms with E-state index < -0.39 is 0 Å². The Morgan fingerprint density at radius 2 is 1.56 bits per heavy atom. The van der Waals surface area contributed by atoms with Crippen LogP contribution in [0.4, 0.5) is 0 Å². The Bertz CT molecular complexity index is 1340. The maximum Gasteiger partial charge on any atom is 0.235 e. The van der Waals surface area contributed by atoms with Crippen LogP contribution in [0.1, 0.15) is 17.5 Å². The Labute approximate surface area is 198 Å². The molecular formula is C28H28O6. The highest BCUT2D eigenvalue weighted by Crippen LogP contribution is 2.37. The van der Waals surface area contributed by atoms with Gasteiger partial charge in [0.25, 0.3) is 0 Å². The molecule has 6 nitrogen and oxygen atoms in total. The fourth-order valence-corrected chi connectivity index (χ4v) is 3.91. The highest BCUT2D eigenvalue weighted by atomic mass is 16.5. The lowest BCUT2D eigenvalue weighted by atomic mass is 10.0. The zero-order valence-corrected chi connectivity index (χ0v) is 19.8. The van der Waals surface area contributed by atoms with Crippen molar-refractivity contribution >= 4 is 11.0 Å². The molecule has 0 aliphatic carbocycles. The van der Waals surface area contributed by atoms with Crippen LogP contribution in [0.15, 0.2) is 69.9 Å². The Morgan fingerprint density at radius 1 is 0.824 bits per heavy atom. The number of aryl methyl sites for hydroxylation is 2. The molecule has 0 radical (unpaired) electrons. The molecule has 0 aliphatic rings. The van der Waals surface area contributed by atoms with Crippen LogP contribution in [0.3, 0.4) is 0 Å². The normalized spacial score (nSPS) is 10.8. The lowest BCUT2D eigenvalue weighted by Crippen LogP contribution is -2.13. The van der Waals surface area contributed by atoms with E-state index in [1.54, 1.807) is 26.4 Å². The summed E-state index contributed by atoms with van der Waals surface area (Å²) in [5.74, 6) is 2.44. The van der Waals surface area contributed by atoms with Gasteiger partial charge in [-0.2, -0.15) is 0 Å². The molecule has 0 fully saturated rings.